The second-order valence-electron chi connectivity index (χ2n) is 3.87. The van der Waals surface area contributed by atoms with Gasteiger partial charge in [-0.3, -0.25) is 14.9 Å². The summed E-state index contributed by atoms with van der Waals surface area (Å²) in [4.78, 5) is 20.7. The van der Waals surface area contributed by atoms with Crippen molar-refractivity contribution >= 4 is 11.6 Å². The highest BCUT2D eigenvalue weighted by atomic mass is 16.6. The topological polar surface area (TPSA) is 136 Å². The highest BCUT2D eigenvalue weighted by molar-refractivity contribution is 5.74. The van der Waals surface area contributed by atoms with E-state index in [1.54, 1.807) is 0 Å². The van der Waals surface area contributed by atoms with Gasteiger partial charge in [-0.1, -0.05) is 0 Å². The third-order valence-electron chi connectivity index (χ3n) is 2.52. The number of amides is 1. The number of aliphatic hydroxyl groups excluding tert-OH is 2. The zero-order chi connectivity index (χ0) is 14.6. The van der Waals surface area contributed by atoms with Gasteiger partial charge in [0.2, 0.25) is 5.91 Å². The van der Waals surface area contributed by atoms with Crippen LogP contribution in [0.2, 0.25) is 0 Å². The molecule has 0 spiro atoms. The lowest BCUT2D eigenvalue weighted by Crippen LogP contribution is -2.26. The van der Waals surface area contributed by atoms with Gasteiger partial charge < -0.3 is 20.7 Å². The van der Waals surface area contributed by atoms with Gasteiger partial charge in [-0.25, -0.2) is 0 Å². The molecular formula is C11H14N2O6. The number of nitrogens with zero attached hydrogens (tertiary/aromatic N) is 1. The summed E-state index contributed by atoms with van der Waals surface area (Å²) in [7, 11) is 1.27. The van der Waals surface area contributed by atoms with E-state index >= 15 is 0 Å². The smallest absolute Gasteiger partial charge is 0.273 e. The Labute approximate surface area is 108 Å². The highest BCUT2D eigenvalue weighted by Crippen LogP contribution is 2.31. The molecule has 0 heterocycles. The monoisotopic (exact) mass is 270 g/mol. The molecule has 0 aliphatic rings. The van der Waals surface area contributed by atoms with E-state index in [2.05, 4.69) is 0 Å². The fourth-order valence-electron chi connectivity index (χ4n) is 1.58. The van der Waals surface area contributed by atoms with Crippen LogP contribution in [0.15, 0.2) is 18.2 Å². The molecule has 8 nitrogen and oxygen atoms in total. The van der Waals surface area contributed by atoms with Gasteiger partial charge in [0.25, 0.3) is 5.69 Å². The van der Waals surface area contributed by atoms with Gasteiger partial charge in [0, 0.05) is 11.6 Å². The van der Waals surface area contributed by atoms with Crippen molar-refractivity contribution in [2.75, 3.05) is 7.11 Å². The molecule has 1 rings (SSSR count). The van der Waals surface area contributed by atoms with Gasteiger partial charge in [-0.2, -0.15) is 0 Å². The Kier molecular flexibility index (Phi) is 4.79. The summed E-state index contributed by atoms with van der Waals surface area (Å²) >= 11 is 0. The van der Waals surface area contributed by atoms with Crippen LogP contribution in [-0.2, 0) is 4.79 Å². The van der Waals surface area contributed by atoms with Crippen LogP contribution in [0.25, 0.3) is 0 Å². The average Bonchev–Trinajstić information content (AvgIpc) is 2.36. The Hall–Kier alpha value is -2.19. The number of benzene rings is 1. The zero-order valence-corrected chi connectivity index (χ0v) is 10.1. The van der Waals surface area contributed by atoms with Crippen LogP contribution in [0.1, 0.15) is 18.1 Å². The van der Waals surface area contributed by atoms with Crippen molar-refractivity contribution in [1.82, 2.24) is 0 Å². The molecule has 8 heteroatoms. The number of carbonyl (C=O) groups is 1. The molecule has 0 bridgehead atoms. The first kappa shape index (κ1) is 14.9. The number of carbonyl (C=O) groups excluding carboxylic acids is 1. The normalized spacial score (nSPS) is 13.6. The number of hydrogen-bond donors (Lipinski definition) is 3. The molecule has 0 aliphatic carbocycles. The molecule has 0 aliphatic heterocycles. The largest absolute Gasteiger partial charge is 0.496 e. The predicted octanol–water partition coefficient (Wildman–Crippen LogP) is -0.127. The summed E-state index contributed by atoms with van der Waals surface area (Å²) < 4.78 is 4.92. The fraction of sp³-hybridized carbons (Fsp3) is 0.364. The number of rotatable bonds is 6. The van der Waals surface area contributed by atoms with Crippen LogP contribution in [0.4, 0.5) is 5.69 Å². The number of methoxy groups -OCH3 is 1. The third-order valence-corrected chi connectivity index (χ3v) is 2.52. The average molecular weight is 270 g/mol. The Morgan fingerprint density at radius 1 is 1.53 bits per heavy atom. The van der Waals surface area contributed by atoms with E-state index in [9.17, 15) is 25.1 Å². The molecule has 0 saturated heterocycles. The van der Waals surface area contributed by atoms with E-state index in [1.165, 1.54) is 13.2 Å². The van der Waals surface area contributed by atoms with Crippen LogP contribution in [0.5, 0.6) is 5.75 Å². The molecule has 19 heavy (non-hydrogen) atoms. The summed E-state index contributed by atoms with van der Waals surface area (Å²) in [6.45, 7) is 0. The van der Waals surface area contributed by atoms with Crippen molar-refractivity contribution in [3.8, 4) is 5.75 Å². The molecule has 2 atom stereocenters. The second-order valence-corrected chi connectivity index (χ2v) is 3.87. The first-order valence-electron chi connectivity index (χ1n) is 5.33. The number of hydrogen-bond acceptors (Lipinski definition) is 6. The molecule has 0 radical (unpaired) electrons. The standard InChI is InChI=1S/C11H14N2O6/c1-19-9-4-6(13(17)18)2-3-7(9)11(16)8(14)5-10(12)15/h2-4,8,11,14,16H,5H2,1H3,(H2,12,15). The zero-order valence-electron chi connectivity index (χ0n) is 10.1. The SMILES string of the molecule is COc1cc([N+](=O)[O-])ccc1C(O)C(O)CC(N)=O. The van der Waals surface area contributed by atoms with Crippen molar-refractivity contribution in [1.29, 1.82) is 0 Å². The second kappa shape index (κ2) is 6.12. The summed E-state index contributed by atoms with van der Waals surface area (Å²) in [6.07, 6.45) is -3.27. The van der Waals surface area contributed by atoms with Gasteiger partial charge in [0.15, 0.2) is 0 Å². The van der Waals surface area contributed by atoms with Crippen molar-refractivity contribution in [3.05, 3.63) is 33.9 Å². The van der Waals surface area contributed by atoms with E-state index in [4.69, 9.17) is 10.5 Å². The molecule has 0 aromatic heterocycles. The lowest BCUT2D eigenvalue weighted by Gasteiger charge is -2.19. The van der Waals surface area contributed by atoms with Crippen LogP contribution in [0.3, 0.4) is 0 Å². The van der Waals surface area contributed by atoms with Crippen LogP contribution in [-0.4, -0.2) is 34.3 Å². The molecule has 1 aromatic rings. The minimum atomic E-state index is -1.43. The number of nitrogens with two attached hydrogens (primary N) is 1. The first-order valence-corrected chi connectivity index (χ1v) is 5.33. The lowest BCUT2D eigenvalue weighted by atomic mass is 10.0. The van der Waals surface area contributed by atoms with E-state index in [-0.39, 0.29) is 17.0 Å². The highest BCUT2D eigenvalue weighted by Gasteiger charge is 2.24. The number of ether oxygens (including phenoxy) is 1. The number of primary amides is 1. The van der Waals surface area contributed by atoms with Crippen molar-refractivity contribution in [2.24, 2.45) is 5.73 Å². The van der Waals surface area contributed by atoms with Gasteiger partial charge >= 0.3 is 0 Å². The molecule has 1 aromatic carbocycles. The van der Waals surface area contributed by atoms with Crippen molar-refractivity contribution < 1.29 is 24.7 Å². The minimum Gasteiger partial charge on any atom is -0.496 e. The first-order chi connectivity index (χ1) is 8.86. The maximum absolute atomic E-state index is 10.7. The fourth-order valence-corrected chi connectivity index (χ4v) is 1.58. The maximum Gasteiger partial charge on any atom is 0.273 e. The van der Waals surface area contributed by atoms with Gasteiger partial charge in [-0.05, 0) is 6.07 Å². The van der Waals surface area contributed by atoms with E-state index in [0.717, 1.165) is 12.1 Å². The predicted molar refractivity (Wildman–Crippen MR) is 64.4 cm³/mol. The number of aliphatic hydroxyl groups is 2. The molecule has 0 fully saturated rings. The van der Waals surface area contributed by atoms with Gasteiger partial charge in [0.1, 0.15) is 11.9 Å². The Morgan fingerprint density at radius 3 is 2.63 bits per heavy atom. The summed E-state index contributed by atoms with van der Waals surface area (Å²) in [5, 5.41) is 30.1. The molecule has 2 unspecified atom stereocenters. The number of non-ortho nitro benzene ring substituents is 1. The summed E-state index contributed by atoms with van der Waals surface area (Å²) in [5.74, 6) is -0.724. The van der Waals surface area contributed by atoms with E-state index < -0.39 is 29.5 Å². The van der Waals surface area contributed by atoms with E-state index in [1.807, 2.05) is 0 Å². The Balaban J connectivity index is 3.05. The Morgan fingerprint density at radius 2 is 2.16 bits per heavy atom. The van der Waals surface area contributed by atoms with E-state index in [0.29, 0.717) is 0 Å². The van der Waals surface area contributed by atoms with Crippen LogP contribution < -0.4 is 10.5 Å². The van der Waals surface area contributed by atoms with Crippen LogP contribution in [0, 0.1) is 10.1 Å². The minimum absolute atomic E-state index is 0.0465. The molecule has 104 valence electrons. The summed E-state index contributed by atoms with van der Waals surface area (Å²) in [6, 6.07) is 3.54. The molecule has 4 N–H and O–H groups in total. The lowest BCUT2D eigenvalue weighted by molar-refractivity contribution is -0.385. The number of nitro groups is 1. The summed E-state index contributed by atoms with van der Waals surface area (Å²) in [5.41, 5.74) is 4.84. The molecule has 1 amide bonds. The Bertz CT molecular complexity index is 490. The maximum atomic E-state index is 10.7. The molecule has 0 saturated carbocycles. The van der Waals surface area contributed by atoms with Crippen LogP contribution >= 0.6 is 0 Å². The number of nitro benzene ring substituents is 1. The van der Waals surface area contributed by atoms with Crippen molar-refractivity contribution in [3.63, 3.8) is 0 Å². The van der Waals surface area contributed by atoms with Gasteiger partial charge in [0.05, 0.1) is 30.6 Å². The van der Waals surface area contributed by atoms with Crippen molar-refractivity contribution in [2.45, 2.75) is 18.6 Å². The van der Waals surface area contributed by atoms with Gasteiger partial charge in [-0.15, -0.1) is 0 Å². The molecular weight excluding hydrogens is 256 g/mol. The quantitative estimate of drug-likeness (QED) is 0.486. The third kappa shape index (κ3) is 3.63.